The molecule has 0 spiro atoms. The van der Waals surface area contributed by atoms with Gasteiger partial charge in [-0.2, -0.15) is 0 Å². The molecule has 0 aliphatic carbocycles. The molecule has 2 aromatic carbocycles. The average molecular weight is 403 g/mol. The molecule has 3 unspecified atom stereocenters. The van der Waals surface area contributed by atoms with Crippen LogP contribution in [0.4, 0.5) is 0 Å². The molecular formula is C22H27ClN2O3. The number of primary amides is 1. The molecule has 28 heavy (non-hydrogen) atoms. The Morgan fingerprint density at radius 3 is 2.71 bits per heavy atom. The summed E-state index contributed by atoms with van der Waals surface area (Å²) in [4.78, 5) is 13.6. The van der Waals surface area contributed by atoms with E-state index in [1.54, 1.807) is 6.92 Å². The van der Waals surface area contributed by atoms with Crippen LogP contribution in [0.25, 0.3) is 0 Å². The maximum atomic E-state index is 11.1. The predicted molar refractivity (Wildman–Crippen MR) is 111 cm³/mol. The topological polar surface area (TPSA) is 64.8 Å². The number of benzene rings is 2. The summed E-state index contributed by atoms with van der Waals surface area (Å²) in [6.45, 7) is 6.35. The summed E-state index contributed by atoms with van der Waals surface area (Å²) in [5.41, 5.74) is 7.58. The summed E-state index contributed by atoms with van der Waals surface area (Å²) >= 11 is 6.13. The number of amides is 1. The Bertz CT molecular complexity index is 797. The Labute approximate surface area is 171 Å². The number of nitrogens with zero attached hydrogens (tertiary/aromatic N) is 1. The van der Waals surface area contributed by atoms with Gasteiger partial charge in [-0.1, -0.05) is 35.9 Å². The van der Waals surface area contributed by atoms with Crippen molar-refractivity contribution in [2.45, 2.75) is 38.5 Å². The van der Waals surface area contributed by atoms with E-state index in [9.17, 15) is 4.79 Å². The van der Waals surface area contributed by atoms with Crippen molar-refractivity contribution in [3.05, 3.63) is 64.7 Å². The molecule has 0 radical (unpaired) electrons. The van der Waals surface area contributed by atoms with Crippen molar-refractivity contribution in [2.75, 3.05) is 19.7 Å². The van der Waals surface area contributed by atoms with E-state index in [2.05, 4.69) is 17.9 Å². The van der Waals surface area contributed by atoms with Gasteiger partial charge >= 0.3 is 0 Å². The highest BCUT2D eigenvalue weighted by Gasteiger charge is 2.25. The first-order valence-electron chi connectivity index (χ1n) is 9.58. The molecule has 5 nitrogen and oxygen atoms in total. The molecule has 1 aliphatic rings. The van der Waals surface area contributed by atoms with Crippen LogP contribution in [-0.4, -0.2) is 42.6 Å². The van der Waals surface area contributed by atoms with Crippen molar-refractivity contribution >= 4 is 17.5 Å². The number of halogens is 1. The van der Waals surface area contributed by atoms with E-state index in [4.69, 9.17) is 26.8 Å². The SMILES string of the molecule is CC(Oc1ccc(CC(C)N2CCOC(c3cccc(Cl)c3)C2)cc1)C(N)=O. The van der Waals surface area contributed by atoms with E-state index >= 15 is 0 Å². The number of carbonyl (C=O) groups excluding carboxylic acids is 1. The van der Waals surface area contributed by atoms with Crippen LogP contribution in [0.5, 0.6) is 5.75 Å². The smallest absolute Gasteiger partial charge is 0.258 e. The largest absolute Gasteiger partial charge is 0.481 e. The Hall–Kier alpha value is -2.08. The van der Waals surface area contributed by atoms with Crippen LogP contribution < -0.4 is 10.5 Å². The number of nitrogens with two attached hydrogens (primary N) is 1. The Morgan fingerprint density at radius 2 is 2.04 bits per heavy atom. The molecule has 1 aliphatic heterocycles. The molecule has 1 amide bonds. The quantitative estimate of drug-likeness (QED) is 0.768. The minimum absolute atomic E-state index is 0.0426. The van der Waals surface area contributed by atoms with E-state index in [0.717, 1.165) is 30.1 Å². The molecule has 1 fully saturated rings. The molecule has 0 bridgehead atoms. The number of hydrogen-bond acceptors (Lipinski definition) is 4. The third kappa shape index (κ3) is 5.47. The van der Waals surface area contributed by atoms with E-state index in [-0.39, 0.29) is 6.10 Å². The van der Waals surface area contributed by atoms with Gasteiger partial charge in [0.25, 0.3) is 5.91 Å². The van der Waals surface area contributed by atoms with Crippen LogP contribution in [0.2, 0.25) is 5.02 Å². The number of ether oxygens (including phenoxy) is 2. The number of carbonyl (C=O) groups is 1. The van der Waals surface area contributed by atoms with Gasteiger partial charge < -0.3 is 15.2 Å². The highest BCUT2D eigenvalue weighted by molar-refractivity contribution is 6.30. The summed E-state index contributed by atoms with van der Waals surface area (Å²) < 4.78 is 11.5. The highest BCUT2D eigenvalue weighted by atomic mass is 35.5. The molecule has 0 saturated carbocycles. The standard InChI is InChI=1S/C22H27ClN2O3/c1-15(12-17-6-8-20(9-7-17)28-16(2)22(24)26)25-10-11-27-21(14-25)18-4-3-5-19(23)13-18/h3-9,13,15-16,21H,10-12,14H2,1-2H3,(H2,24,26). The number of rotatable bonds is 7. The lowest BCUT2D eigenvalue weighted by molar-refractivity contribution is -0.123. The first-order chi connectivity index (χ1) is 13.4. The molecule has 3 atom stereocenters. The van der Waals surface area contributed by atoms with Gasteiger partial charge in [-0.25, -0.2) is 0 Å². The molecule has 1 heterocycles. The molecule has 0 aromatic heterocycles. The monoisotopic (exact) mass is 402 g/mol. The summed E-state index contributed by atoms with van der Waals surface area (Å²) in [6.07, 6.45) is 0.330. The van der Waals surface area contributed by atoms with E-state index < -0.39 is 12.0 Å². The third-order valence-electron chi connectivity index (χ3n) is 5.11. The number of hydrogen-bond donors (Lipinski definition) is 1. The van der Waals surface area contributed by atoms with Crippen molar-refractivity contribution in [2.24, 2.45) is 5.73 Å². The van der Waals surface area contributed by atoms with Crippen molar-refractivity contribution in [1.82, 2.24) is 4.90 Å². The number of morpholine rings is 1. The van der Waals surface area contributed by atoms with Gasteiger partial charge in [0.05, 0.1) is 12.7 Å². The molecule has 150 valence electrons. The molecule has 1 saturated heterocycles. The maximum Gasteiger partial charge on any atom is 0.258 e. The van der Waals surface area contributed by atoms with Crippen LogP contribution in [0.3, 0.4) is 0 Å². The van der Waals surface area contributed by atoms with Gasteiger partial charge in [0.2, 0.25) is 0 Å². The lowest BCUT2D eigenvalue weighted by Crippen LogP contribution is -2.44. The molecule has 2 aromatic rings. The highest BCUT2D eigenvalue weighted by Crippen LogP contribution is 2.26. The first kappa shape index (κ1) is 20.6. The lowest BCUT2D eigenvalue weighted by atomic mass is 10.0. The van der Waals surface area contributed by atoms with Gasteiger partial charge in [-0.3, -0.25) is 9.69 Å². The molecule has 6 heteroatoms. The second kappa shape index (κ2) is 9.41. The summed E-state index contributed by atoms with van der Waals surface area (Å²) in [5, 5.41) is 0.735. The minimum atomic E-state index is -0.637. The van der Waals surface area contributed by atoms with Crippen molar-refractivity contribution in [1.29, 1.82) is 0 Å². The minimum Gasteiger partial charge on any atom is -0.481 e. The van der Waals surface area contributed by atoms with Gasteiger partial charge in [0, 0.05) is 24.2 Å². The summed E-state index contributed by atoms with van der Waals surface area (Å²) in [5.74, 6) is 0.175. The lowest BCUT2D eigenvalue weighted by Gasteiger charge is -2.37. The van der Waals surface area contributed by atoms with Gasteiger partial charge in [-0.15, -0.1) is 0 Å². The normalized spacial score (nSPS) is 19.8. The molecule has 3 rings (SSSR count). The Balaban J connectivity index is 1.58. The summed E-state index contributed by atoms with van der Waals surface area (Å²) in [6, 6.07) is 16.1. The Kier molecular flexibility index (Phi) is 6.94. The van der Waals surface area contributed by atoms with Crippen LogP contribution in [0.15, 0.2) is 48.5 Å². The fraction of sp³-hybridized carbons (Fsp3) is 0.409. The van der Waals surface area contributed by atoms with Crippen LogP contribution in [0, 0.1) is 0 Å². The van der Waals surface area contributed by atoms with Crippen LogP contribution in [0.1, 0.15) is 31.1 Å². The fourth-order valence-electron chi connectivity index (χ4n) is 3.41. The fourth-order valence-corrected chi connectivity index (χ4v) is 3.61. The third-order valence-corrected chi connectivity index (χ3v) is 5.34. The average Bonchev–Trinajstić information content (AvgIpc) is 2.69. The predicted octanol–water partition coefficient (Wildman–Crippen LogP) is 3.60. The van der Waals surface area contributed by atoms with E-state index in [0.29, 0.717) is 18.4 Å². The van der Waals surface area contributed by atoms with E-state index in [1.165, 1.54) is 5.56 Å². The van der Waals surface area contributed by atoms with Gasteiger partial charge in [0.1, 0.15) is 5.75 Å². The second-order valence-electron chi connectivity index (χ2n) is 7.27. The maximum absolute atomic E-state index is 11.1. The zero-order chi connectivity index (χ0) is 20.1. The summed E-state index contributed by atoms with van der Waals surface area (Å²) in [7, 11) is 0. The van der Waals surface area contributed by atoms with Crippen molar-refractivity contribution < 1.29 is 14.3 Å². The zero-order valence-corrected chi connectivity index (χ0v) is 17.1. The van der Waals surface area contributed by atoms with Crippen molar-refractivity contribution in [3.63, 3.8) is 0 Å². The van der Waals surface area contributed by atoms with Crippen LogP contribution >= 0.6 is 11.6 Å². The van der Waals surface area contributed by atoms with Gasteiger partial charge in [-0.05, 0) is 55.7 Å². The van der Waals surface area contributed by atoms with E-state index in [1.807, 2.05) is 42.5 Å². The Morgan fingerprint density at radius 1 is 1.29 bits per heavy atom. The van der Waals surface area contributed by atoms with Crippen LogP contribution in [-0.2, 0) is 16.0 Å². The van der Waals surface area contributed by atoms with Crippen molar-refractivity contribution in [3.8, 4) is 5.75 Å². The zero-order valence-electron chi connectivity index (χ0n) is 16.3. The molecule has 2 N–H and O–H groups in total. The first-order valence-corrected chi connectivity index (χ1v) is 9.96. The molecular weight excluding hydrogens is 376 g/mol. The second-order valence-corrected chi connectivity index (χ2v) is 7.71. The van der Waals surface area contributed by atoms with Gasteiger partial charge in [0.15, 0.2) is 6.10 Å².